The van der Waals surface area contributed by atoms with Crippen LogP contribution in [0.4, 0.5) is 19.0 Å². The fraction of sp³-hybridized carbons (Fsp3) is 0.308. The highest BCUT2D eigenvalue weighted by molar-refractivity contribution is 8.00. The van der Waals surface area contributed by atoms with Crippen molar-refractivity contribution in [1.29, 1.82) is 0 Å². The summed E-state index contributed by atoms with van der Waals surface area (Å²) in [7, 11) is 0. The Bertz CT molecular complexity index is 1740. The number of aromatic nitrogens is 4. The number of benzene rings is 1. The molecule has 1 aromatic carbocycles. The summed E-state index contributed by atoms with van der Waals surface area (Å²) in [5, 5.41) is 15.6. The average molecular weight is 590 g/mol. The zero-order valence-electron chi connectivity index (χ0n) is 20.9. The molecule has 14 heteroatoms. The lowest BCUT2D eigenvalue weighted by Gasteiger charge is -2.35. The van der Waals surface area contributed by atoms with Crippen molar-refractivity contribution in [2.45, 2.75) is 48.0 Å². The molecule has 5 aromatic rings. The molecule has 0 spiro atoms. The summed E-state index contributed by atoms with van der Waals surface area (Å²) in [5.41, 5.74) is 9.89. The third-order valence-corrected chi connectivity index (χ3v) is 9.05. The number of anilines is 1. The lowest BCUT2D eigenvalue weighted by atomic mass is 9.90. The van der Waals surface area contributed by atoms with Gasteiger partial charge in [-0.1, -0.05) is 17.8 Å². The number of esters is 1. The molecule has 0 unspecified atom stereocenters. The minimum absolute atomic E-state index is 0.144. The van der Waals surface area contributed by atoms with Crippen LogP contribution in [-0.4, -0.2) is 49.0 Å². The maximum Gasteiger partial charge on any atom is 0.491 e. The monoisotopic (exact) mass is 589 g/mol. The van der Waals surface area contributed by atoms with Gasteiger partial charge < -0.3 is 20.0 Å². The summed E-state index contributed by atoms with van der Waals surface area (Å²) in [4.78, 5) is 20.2. The fourth-order valence-corrected chi connectivity index (χ4v) is 6.53. The number of nitrogen functional groups attached to an aromatic ring is 1. The first-order valence-electron chi connectivity index (χ1n) is 12.2. The summed E-state index contributed by atoms with van der Waals surface area (Å²) in [6.45, 7) is 0. The van der Waals surface area contributed by atoms with E-state index in [1.807, 2.05) is 36.7 Å². The minimum Gasteiger partial charge on any atom is -0.452 e. The SMILES string of the molecule is CSc1nc2cccc(-c3cc4c(-c5cnn(C6CCC(O)(OC(=O)C(F)(F)F)CC6)c5)cnc(N)c4o3)c2s1. The number of hydrogen-bond donors (Lipinski definition) is 2. The standard InChI is InChI=1S/C26H22F3N5O4S2/c1-39-24-33-18-4-2-3-15(21(18)40-24)19-9-16-17(11-31-22(30)20(16)37-19)13-10-32-34(12-13)14-5-7-25(36,8-6-14)38-23(35)26(27,28)29/h2-4,9-12,14,36H,5-8H2,1H3,(H2,30,31). The molecule has 1 aliphatic rings. The summed E-state index contributed by atoms with van der Waals surface area (Å²) in [6.07, 6.45) is 2.18. The maximum atomic E-state index is 12.6. The third kappa shape index (κ3) is 4.80. The van der Waals surface area contributed by atoms with Gasteiger partial charge >= 0.3 is 12.1 Å². The second kappa shape index (κ2) is 9.78. The highest BCUT2D eigenvalue weighted by Gasteiger charge is 2.47. The first kappa shape index (κ1) is 26.6. The number of aliphatic hydroxyl groups is 1. The molecular weight excluding hydrogens is 567 g/mol. The van der Waals surface area contributed by atoms with Gasteiger partial charge in [0.25, 0.3) is 0 Å². The maximum absolute atomic E-state index is 12.6. The Morgan fingerprint density at radius 2 is 2.05 bits per heavy atom. The molecule has 0 atom stereocenters. The molecule has 0 aliphatic heterocycles. The quantitative estimate of drug-likeness (QED) is 0.140. The van der Waals surface area contributed by atoms with Crippen LogP contribution in [0, 0.1) is 0 Å². The van der Waals surface area contributed by atoms with Crippen molar-refractivity contribution in [3.8, 4) is 22.5 Å². The summed E-state index contributed by atoms with van der Waals surface area (Å²) < 4.78 is 52.0. The normalized spacial score (nSPS) is 19.9. The fourth-order valence-electron chi connectivity index (χ4n) is 4.94. The number of pyridine rings is 1. The van der Waals surface area contributed by atoms with E-state index in [9.17, 15) is 23.1 Å². The molecule has 6 rings (SSSR count). The molecule has 1 saturated carbocycles. The summed E-state index contributed by atoms with van der Waals surface area (Å²) in [5.74, 6) is -3.68. The van der Waals surface area contributed by atoms with Gasteiger partial charge in [0, 0.05) is 47.3 Å². The van der Waals surface area contributed by atoms with Crippen LogP contribution >= 0.6 is 23.1 Å². The lowest BCUT2D eigenvalue weighted by Crippen LogP contribution is -2.42. The Morgan fingerprint density at radius 3 is 2.77 bits per heavy atom. The second-order valence-electron chi connectivity index (χ2n) is 9.52. The van der Waals surface area contributed by atoms with Crippen LogP contribution in [0.2, 0.25) is 0 Å². The molecule has 0 amide bonds. The number of furan rings is 1. The number of rotatable bonds is 5. The number of thioether (sulfide) groups is 1. The molecule has 1 aliphatic carbocycles. The van der Waals surface area contributed by atoms with E-state index < -0.39 is 17.9 Å². The molecule has 4 heterocycles. The molecular formula is C26H22F3N5O4S2. The van der Waals surface area contributed by atoms with E-state index in [1.54, 1.807) is 40.2 Å². The second-order valence-corrected chi connectivity index (χ2v) is 11.6. The molecule has 3 N–H and O–H groups in total. The van der Waals surface area contributed by atoms with Gasteiger partial charge in [0.1, 0.15) is 5.76 Å². The van der Waals surface area contributed by atoms with E-state index in [2.05, 4.69) is 19.8 Å². The number of nitrogens with zero attached hydrogens (tertiary/aromatic N) is 4. The highest BCUT2D eigenvalue weighted by atomic mass is 32.2. The smallest absolute Gasteiger partial charge is 0.452 e. The molecule has 0 bridgehead atoms. The van der Waals surface area contributed by atoms with Crippen LogP contribution < -0.4 is 5.73 Å². The molecule has 4 aromatic heterocycles. The Morgan fingerprint density at radius 1 is 1.27 bits per heavy atom. The molecule has 0 radical (unpaired) electrons. The Hall–Kier alpha value is -3.62. The Kier molecular flexibility index (Phi) is 6.50. The van der Waals surface area contributed by atoms with Crippen molar-refractivity contribution in [2.24, 2.45) is 0 Å². The van der Waals surface area contributed by atoms with Gasteiger partial charge in [-0.25, -0.2) is 14.8 Å². The number of carbonyl (C=O) groups is 1. The van der Waals surface area contributed by atoms with E-state index in [0.717, 1.165) is 36.6 Å². The summed E-state index contributed by atoms with van der Waals surface area (Å²) in [6, 6.07) is 7.57. The first-order chi connectivity index (χ1) is 19.0. The van der Waals surface area contributed by atoms with Crippen LogP contribution in [0.25, 0.3) is 43.6 Å². The predicted molar refractivity (Wildman–Crippen MR) is 145 cm³/mol. The number of nitrogens with two attached hydrogens (primary N) is 1. The number of fused-ring (bicyclic) bond motifs is 2. The molecule has 1 fully saturated rings. The van der Waals surface area contributed by atoms with Gasteiger partial charge in [-0.2, -0.15) is 18.3 Å². The van der Waals surface area contributed by atoms with Gasteiger partial charge in [-0.05, 0) is 37.3 Å². The van der Waals surface area contributed by atoms with E-state index in [0.29, 0.717) is 11.3 Å². The van der Waals surface area contributed by atoms with Crippen molar-refractivity contribution in [3.05, 3.63) is 42.9 Å². The van der Waals surface area contributed by atoms with Gasteiger partial charge in [0.05, 0.1) is 22.5 Å². The lowest BCUT2D eigenvalue weighted by molar-refractivity contribution is -0.256. The van der Waals surface area contributed by atoms with Crippen molar-refractivity contribution in [3.63, 3.8) is 0 Å². The van der Waals surface area contributed by atoms with Crippen LogP contribution in [0.3, 0.4) is 0 Å². The Labute approximate surface area is 233 Å². The largest absolute Gasteiger partial charge is 0.491 e. The highest BCUT2D eigenvalue weighted by Crippen LogP contribution is 2.42. The van der Waals surface area contributed by atoms with E-state index >= 15 is 0 Å². The van der Waals surface area contributed by atoms with E-state index in [4.69, 9.17) is 10.2 Å². The van der Waals surface area contributed by atoms with Crippen molar-refractivity contribution in [1.82, 2.24) is 19.7 Å². The van der Waals surface area contributed by atoms with E-state index in [-0.39, 0.29) is 37.5 Å². The molecule has 208 valence electrons. The molecule has 0 saturated heterocycles. The van der Waals surface area contributed by atoms with Crippen molar-refractivity contribution >= 4 is 56.1 Å². The van der Waals surface area contributed by atoms with Crippen molar-refractivity contribution < 1.29 is 32.2 Å². The summed E-state index contributed by atoms with van der Waals surface area (Å²) >= 11 is 3.17. The number of ether oxygens (including phenoxy) is 1. The predicted octanol–water partition coefficient (Wildman–Crippen LogP) is 6.18. The first-order valence-corrected chi connectivity index (χ1v) is 14.3. The average Bonchev–Trinajstić information content (AvgIpc) is 3.67. The van der Waals surface area contributed by atoms with Gasteiger partial charge in [-0.15, -0.1) is 11.3 Å². The van der Waals surface area contributed by atoms with Crippen molar-refractivity contribution in [2.75, 3.05) is 12.0 Å². The molecule has 9 nitrogen and oxygen atoms in total. The molecule has 40 heavy (non-hydrogen) atoms. The minimum atomic E-state index is -5.17. The number of hydrogen-bond acceptors (Lipinski definition) is 10. The topological polar surface area (TPSA) is 129 Å². The third-order valence-electron chi connectivity index (χ3n) is 6.96. The Balaban J connectivity index is 1.28. The van der Waals surface area contributed by atoms with E-state index in [1.165, 1.54) is 0 Å². The van der Waals surface area contributed by atoms with Gasteiger partial charge in [0.2, 0.25) is 5.79 Å². The van der Waals surface area contributed by atoms with Crippen LogP contribution in [0.5, 0.6) is 0 Å². The number of halogens is 3. The van der Waals surface area contributed by atoms with Gasteiger partial charge in [-0.3, -0.25) is 4.68 Å². The number of thiazole rings is 1. The van der Waals surface area contributed by atoms with Crippen LogP contribution in [0.1, 0.15) is 31.7 Å². The van der Waals surface area contributed by atoms with Gasteiger partial charge in [0.15, 0.2) is 15.7 Å². The number of carbonyl (C=O) groups excluding carboxylic acids is 1. The zero-order valence-corrected chi connectivity index (χ0v) is 22.6. The number of alkyl halides is 3. The zero-order chi connectivity index (χ0) is 28.2. The van der Waals surface area contributed by atoms with Crippen LogP contribution in [-0.2, 0) is 9.53 Å². The van der Waals surface area contributed by atoms with Crippen LogP contribution in [0.15, 0.2) is 51.6 Å².